The monoisotopic (exact) mass is 381 g/mol. The highest BCUT2D eigenvalue weighted by Crippen LogP contribution is 2.35. The fraction of sp³-hybridized carbons (Fsp3) is 0.318. The van der Waals surface area contributed by atoms with E-state index in [-0.39, 0.29) is 5.75 Å². The van der Waals surface area contributed by atoms with Gasteiger partial charge < -0.3 is 19.0 Å². The molecule has 1 N–H and O–H groups in total. The van der Waals surface area contributed by atoms with Crippen molar-refractivity contribution in [3.05, 3.63) is 52.4 Å². The summed E-state index contributed by atoms with van der Waals surface area (Å²) in [6.07, 6.45) is 2.30. The van der Waals surface area contributed by atoms with Crippen LogP contribution in [0, 0.1) is 0 Å². The lowest BCUT2D eigenvalue weighted by molar-refractivity contribution is 0.323. The Morgan fingerprint density at radius 3 is 2.54 bits per heavy atom. The second-order valence-corrected chi connectivity index (χ2v) is 6.98. The van der Waals surface area contributed by atoms with Gasteiger partial charge in [0, 0.05) is 17.5 Å². The molecule has 28 heavy (non-hydrogen) atoms. The molecule has 6 heteroatoms. The molecule has 0 atom stereocenters. The standard InChI is InChI=1S/C22H23NO5/c1-26-15-6-8-20(27-2)16(12-15)17-11-14-5-7-19(24)18(21(14)28-22(17)25)13-23-9-3-4-10-23/h5-8,11-12,24H,3-4,9-10,13H2,1-2H3. The average Bonchev–Trinajstić information content (AvgIpc) is 3.23. The third-order valence-electron chi connectivity index (χ3n) is 5.26. The summed E-state index contributed by atoms with van der Waals surface area (Å²) in [5.41, 5.74) is 1.60. The van der Waals surface area contributed by atoms with Gasteiger partial charge in [-0.1, -0.05) is 0 Å². The Bertz CT molecular complexity index is 1070. The van der Waals surface area contributed by atoms with Gasteiger partial charge in [0.2, 0.25) is 0 Å². The first-order chi connectivity index (χ1) is 13.6. The van der Waals surface area contributed by atoms with Crippen LogP contribution in [-0.2, 0) is 6.54 Å². The van der Waals surface area contributed by atoms with Crippen LogP contribution in [0.1, 0.15) is 18.4 Å². The molecule has 6 nitrogen and oxygen atoms in total. The summed E-state index contributed by atoms with van der Waals surface area (Å²) in [4.78, 5) is 15.1. The van der Waals surface area contributed by atoms with E-state index < -0.39 is 5.63 Å². The summed E-state index contributed by atoms with van der Waals surface area (Å²) in [5, 5.41) is 11.1. The van der Waals surface area contributed by atoms with Gasteiger partial charge in [-0.2, -0.15) is 0 Å². The van der Waals surface area contributed by atoms with Crippen LogP contribution < -0.4 is 15.1 Å². The summed E-state index contributed by atoms with van der Waals surface area (Å²) >= 11 is 0. The first-order valence-corrected chi connectivity index (χ1v) is 9.34. The Balaban J connectivity index is 1.86. The molecule has 2 heterocycles. The fourth-order valence-electron chi connectivity index (χ4n) is 3.76. The van der Waals surface area contributed by atoms with E-state index in [1.807, 2.05) is 0 Å². The summed E-state index contributed by atoms with van der Waals surface area (Å²) in [6.45, 7) is 2.53. The number of aromatic hydroxyl groups is 1. The van der Waals surface area contributed by atoms with Crippen molar-refractivity contribution in [1.82, 2.24) is 4.90 Å². The van der Waals surface area contributed by atoms with Crippen molar-refractivity contribution in [2.75, 3.05) is 27.3 Å². The molecular weight excluding hydrogens is 358 g/mol. The molecule has 0 saturated carbocycles. The molecule has 4 rings (SSSR count). The lowest BCUT2D eigenvalue weighted by atomic mass is 10.0. The van der Waals surface area contributed by atoms with E-state index in [1.165, 1.54) is 0 Å². The number of benzene rings is 2. The molecule has 146 valence electrons. The molecule has 0 aliphatic carbocycles. The second-order valence-electron chi connectivity index (χ2n) is 6.98. The molecule has 1 aromatic heterocycles. The largest absolute Gasteiger partial charge is 0.507 e. The van der Waals surface area contributed by atoms with E-state index in [1.54, 1.807) is 50.6 Å². The molecule has 0 spiro atoms. The maximum absolute atomic E-state index is 12.8. The summed E-state index contributed by atoms with van der Waals surface area (Å²) in [6, 6.07) is 10.5. The number of fused-ring (bicyclic) bond motifs is 1. The third kappa shape index (κ3) is 3.31. The van der Waals surface area contributed by atoms with E-state index in [4.69, 9.17) is 13.9 Å². The highest BCUT2D eigenvalue weighted by atomic mass is 16.5. The number of ether oxygens (including phenoxy) is 2. The number of likely N-dealkylation sites (tertiary alicyclic amines) is 1. The molecule has 0 radical (unpaired) electrons. The zero-order valence-electron chi connectivity index (χ0n) is 16.0. The fourth-order valence-corrected chi connectivity index (χ4v) is 3.76. The zero-order chi connectivity index (χ0) is 19.7. The van der Waals surface area contributed by atoms with Gasteiger partial charge >= 0.3 is 5.63 Å². The minimum atomic E-state index is -0.479. The molecule has 0 amide bonds. The molecular formula is C22H23NO5. The highest BCUT2D eigenvalue weighted by Gasteiger charge is 2.20. The molecule has 1 fully saturated rings. The second kappa shape index (κ2) is 7.56. The summed E-state index contributed by atoms with van der Waals surface area (Å²) in [5.74, 6) is 1.33. The first-order valence-electron chi connectivity index (χ1n) is 9.34. The van der Waals surface area contributed by atoms with Crippen molar-refractivity contribution in [2.45, 2.75) is 19.4 Å². The Morgan fingerprint density at radius 2 is 1.82 bits per heavy atom. The van der Waals surface area contributed by atoms with Gasteiger partial charge in [0.25, 0.3) is 0 Å². The lowest BCUT2D eigenvalue weighted by Gasteiger charge is -2.17. The van der Waals surface area contributed by atoms with Crippen molar-refractivity contribution in [3.63, 3.8) is 0 Å². The van der Waals surface area contributed by atoms with Gasteiger partial charge in [0.05, 0.1) is 25.3 Å². The van der Waals surface area contributed by atoms with E-state index >= 15 is 0 Å². The van der Waals surface area contributed by atoms with Gasteiger partial charge in [-0.25, -0.2) is 4.79 Å². The van der Waals surface area contributed by atoms with Crippen LogP contribution in [-0.4, -0.2) is 37.3 Å². The number of rotatable bonds is 5. The van der Waals surface area contributed by atoms with Crippen LogP contribution in [0.5, 0.6) is 17.2 Å². The lowest BCUT2D eigenvalue weighted by Crippen LogP contribution is -2.19. The quantitative estimate of drug-likeness (QED) is 0.678. The molecule has 1 saturated heterocycles. The average molecular weight is 381 g/mol. The smallest absolute Gasteiger partial charge is 0.344 e. The highest BCUT2D eigenvalue weighted by molar-refractivity contribution is 5.87. The number of phenols is 1. The maximum atomic E-state index is 12.8. The number of hydrogen-bond acceptors (Lipinski definition) is 6. The third-order valence-corrected chi connectivity index (χ3v) is 5.26. The Kier molecular flexibility index (Phi) is 4.96. The van der Waals surface area contributed by atoms with Crippen LogP contribution >= 0.6 is 0 Å². The molecule has 0 unspecified atom stereocenters. The van der Waals surface area contributed by atoms with Crippen LogP contribution in [0.3, 0.4) is 0 Å². The summed E-state index contributed by atoms with van der Waals surface area (Å²) in [7, 11) is 3.13. The molecule has 3 aromatic rings. The van der Waals surface area contributed by atoms with Crippen LogP contribution in [0.25, 0.3) is 22.1 Å². The van der Waals surface area contributed by atoms with Gasteiger partial charge in [-0.15, -0.1) is 0 Å². The van der Waals surface area contributed by atoms with E-state index in [9.17, 15) is 9.90 Å². The number of hydrogen-bond donors (Lipinski definition) is 1. The Morgan fingerprint density at radius 1 is 1.04 bits per heavy atom. The van der Waals surface area contributed by atoms with Crippen LogP contribution in [0.4, 0.5) is 0 Å². The van der Waals surface area contributed by atoms with Crippen molar-refractivity contribution in [2.24, 2.45) is 0 Å². The SMILES string of the molecule is COc1ccc(OC)c(-c2cc3ccc(O)c(CN4CCCC4)c3oc2=O)c1. The van der Waals surface area contributed by atoms with Crippen molar-refractivity contribution < 1.29 is 19.0 Å². The number of nitrogens with zero attached hydrogens (tertiary/aromatic N) is 1. The maximum Gasteiger partial charge on any atom is 0.344 e. The van der Waals surface area contributed by atoms with Gasteiger partial charge in [0.15, 0.2) is 0 Å². The first kappa shape index (κ1) is 18.4. The van der Waals surface area contributed by atoms with E-state index in [2.05, 4.69) is 4.90 Å². The molecule has 2 aromatic carbocycles. The minimum Gasteiger partial charge on any atom is -0.507 e. The van der Waals surface area contributed by atoms with Crippen LogP contribution in [0.15, 0.2) is 45.6 Å². The van der Waals surface area contributed by atoms with Crippen molar-refractivity contribution in [1.29, 1.82) is 0 Å². The van der Waals surface area contributed by atoms with Crippen LogP contribution in [0.2, 0.25) is 0 Å². The van der Waals surface area contributed by atoms with E-state index in [0.717, 1.165) is 31.3 Å². The minimum absolute atomic E-state index is 0.147. The predicted molar refractivity (Wildman–Crippen MR) is 107 cm³/mol. The molecule has 0 bridgehead atoms. The number of methoxy groups -OCH3 is 2. The Labute approximate surface area is 162 Å². The van der Waals surface area contributed by atoms with E-state index in [0.29, 0.717) is 40.3 Å². The summed E-state index contributed by atoms with van der Waals surface area (Å²) < 4.78 is 16.4. The van der Waals surface area contributed by atoms with Gasteiger partial charge in [0.1, 0.15) is 22.8 Å². The molecule has 1 aliphatic rings. The van der Waals surface area contributed by atoms with Crippen molar-refractivity contribution >= 4 is 11.0 Å². The molecule has 1 aliphatic heterocycles. The topological polar surface area (TPSA) is 72.1 Å². The Hall–Kier alpha value is -2.99. The number of phenolic OH excluding ortho intramolecular Hbond substituents is 1. The zero-order valence-corrected chi connectivity index (χ0v) is 16.0. The van der Waals surface area contributed by atoms with Gasteiger partial charge in [-0.3, -0.25) is 4.90 Å². The predicted octanol–water partition coefficient (Wildman–Crippen LogP) is 3.78. The normalized spacial score (nSPS) is 14.5. The van der Waals surface area contributed by atoms with Crippen molar-refractivity contribution in [3.8, 4) is 28.4 Å². The van der Waals surface area contributed by atoms with Gasteiger partial charge in [-0.05, 0) is 62.3 Å².